The highest BCUT2D eigenvalue weighted by Crippen LogP contribution is 2.13. The fourth-order valence-corrected chi connectivity index (χ4v) is 1.86. The Hall–Kier alpha value is -2.37. The standard InChI is InChI=1S/C15H20N2O4/c1-4-8-17(10-14(19)21-3)15(20)12-6-5-7-13(9-12)16-11(2)18/h5-7,9H,4,8,10H2,1-3H3,(H,16,18). The van der Waals surface area contributed by atoms with E-state index in [-0.39, 0.29) is 18.4 Å². The molecule has 0 fully saturated rings. The SMILES string of the molecule is CCCN(CC(=O)OC)C(=O)c1cccc(NC(C)=O)c1. The van der Waals surface area contributed by atoms with E-state index in [9.17, 15) is 14.4 Å². The number of esters is 1. The lowest BCUT2D eigenvalue weighted by Crippen LogP contribution is -2.36. The molecular weight excluding hydrogens is 272 g/mol. The molecule has 114 valence electrons. The number of hydrogen-bond donors (Lipinski definition) is 1. The number of rotatable bonds is 6. The normalized spacial score (nSPS) is 9.86. The van der Waals surface area contributed by atoms with Gasteiger partial charge < -0.3 is 15.0 Å². The zero-order chi connectivity index (χ0) is 15.8. The molecule has 0 aliphatic carbocycles. The zero-order valence-electron chi connectivity index (χ0n) is 12.5. The highest BCUT2D eigenvalue weighted by molar-refractivity contribution is 5.98. The molecule has 6 heteroatoms. The molecule has 1 rings (SSSR count). The van der Waals surface area contributed by atoms with E-state index >= 15 is 0 Å². The van der Waals surface area contributed by atoms with Crippen LogP contribution in [0.15, 0.2) is 24.3 Å². The lowest BCUT2D eigenvalue weighted by molar-refractivity contribution is -0.141. The van der Waals surface area contributed by atoms with Gasteiger partial charge in [0.25, 0.3) is 5.91 Å². The van der Waals surface area contributed by atoms with Gasteiger partial charge in [0.2, 0.25) is 5.91 Å². The lowest BCUT2D eigenvalue weighted by Gasteiger charge is -2.21. The molecule has 0 saturated heterocycles. The molecule has 0 saturated carbocycles. The summed E-state index contributed by atoms with van der Waals surface area (Å²) in [6.07, 6.45) is 0.730. The molecular formula is C15H20N2O4. The van der Waals surface area contributed by atoms with Crippen LogP contribution in [0.3, 0.4) is 0 Å². The molecule has 1 aromatic rings. The van der Waals surface area contributed by atoms with E-state index in [1.54, 1.807) is 24.3 Å². The first-order valence-corrected chi connectivity index (χ1v) is 6.71. The van der Waals surface area contributed by atoms with Crippen LogP contribution in [0.25, 0.3) is 0 Å². The van der Waals surface area contributed by atoms with Crippen molar-refractivity contribution in [1.29, 1.82) is 0 Å². The highest BCUT2D eigenvalue weighted by atomic mass is 16.5. The second kappa shape index (κ2) is 8.04. The first-order valence-electron chi connectivity index (χ1n) is 6.71. The number of amides is 2. The predicted octanol–water partition coefficient (Wildman–Crippen LogP) is 1.67. The van der Waals surface area contributed by atoms with Crippen LogP contribution in [0.4, 0.5) is 5.69 Å². The minimum absolute atomic E-state index is 0.0897. The minimum Gasteiger partial charge on any atom is -0.468 e. The largest absolute Gasteiger partial charge is 0.468 e. The van der Waals surface area contributed by atoms with Crippen molar-refractivity contribution >= 4 is 23.5 Å². The van der Waals surface area contributed by atoms with Crippen molar-refractivity contribution < 1.29 is 19.1 Å². The van der Waals surface area contributed by atoms with E-state index in [0.717, 1.165) is 6.42 Å². The van der Waals surface area contributed by atoms with Gasteiger partial charge in [0.1, 0.15) is 6.54 Å². The number of anilines is 1. The number of nitrogens with zero attached hydrogens (tertiary/aromatic N) is 1. The molecule has 0 radical (unpaired) electrons. The maximum Gasteiger partial charge on any atom is 0.325 e. The van der Waals surface area contributed by atoms with Gasteiger partial charge in [-0.05, 0) is 24.6 Å². The maximum absolute atomic E-state index is 12.4. The first kappa shape index (κ1) is 16.7. The van der Waals surface area contributed by atoms with Gasteiger partial charge in [0.15, 0.2) is 0 Å². The van der Waals surface area contributed by atoms with E-state index in [4.69, 9.17) is 0 Å². The Morgan fingerprint density at radius 2 is 2.00 bits per heavy atom. The van der Waals surface area contributed by atoms with E-state index in [0.29, 0.717) is 17.8 Å². The van der Waals surface area contributed by atoms with Crippen molar-refractivity contribution in [3.05, 3.63) is 29.8 Å². The van der Waals surface area contributed by atoms with Crippen LogP contribution in [0, 0.1) is 0 Å². The van der Waals surface area contributed by atoms with Crippen molar-refractivity contribution in [2.24, 2.45) is 0 Å². The summed E-state index contributed by atoms with van der Waals surface area (Å²) < 4.78 is 4.60. The average Bonchev–Trinajstić information content (AvgIpc) is 2.45. The van der Waals surface area contributed by atoms with E-state index in [1.165, 1.54) is 18.9 Å². The monoisotopic (exact) mass is 292 g/mol. The van der Waals surface area contributed by atoms with Crippen molar-refractivity contribution in [3.8, 4) is 0 Å². The molecule has 21 heavy (non-hydrogen) atoms. The summed E-state index contributed by atoms with van der Waals surface area (Å²) in [5.41, 5.74) is 0.960. The number of benzene rings is 1. The molecule has 2 amide bonds. The Morgan fingerprint density at radius 3 is 2.57 bits per heavy atom. The fraction of sp³-hybridized carbons (Fsp3) is 0.400. The van der Waals surface area contributed by atoms with Crippen LogP contribution in [0.2, 0.25) is 0 Å². The molecule has 0 heterocycles. The quantitative estimate of drug-likeness (QED) is 0.809. The third kappa shape index (κ3) is 5.25. The van der Waals surface area contributed by atoms with Gasteiger partial charge in [-0.25, -0.2) is 0 Å². The van der Waals surface area contributed by atoms with Gasteiger partial charge in [-0.2, -0.15) is 0 Å². The fourth-order valence-electron chi connectivity index (χ4n) is 1.86. The molecule has 0 aliphatic heterocycles. The third-order valence-corrected chi connectivity index (χ3v) is 2.76. The van der Waals surface area contributed by atoms with Crippen LogP contribution in [-0.4, -0.2) is 42.9 Å². The van der Waals surface area contributed by atoms with Gasteiger partial charge in [-0.15, -0.1) is 0 Å². The summed E-state index contributed by atoms with van der Waals surface area (Å²) >= 11 is 0. The van der Waals surface area contributed by atoms with Crippen molar-refractivity contribution in [2.75, 3.05) is 25.5 Å². The third-order valence-electron chi connectivity index (χ3n) is 2.76. The van der Waals surface area contributed by atoms with Gasteiger partial charge in [0, 0.05) is 24.7 Å². The average molecular weight is 292 g/mol. The van der Waals surface area contributed by atoms with Crippen molar-refractivity contribution in [1.82, 2.24) is 4.90 Å². The minimum atomic E-state index is -0.463. The van der Waals surface area contributed by atoms with Gasteiger partial charge in [-0.1, -0.05) is 13.0 Å². The highest BCUT2D eigenvalue weighted by Gasteiger charge is 2.18. The van der Waals surface area contributed by atoms with E-state index in [2.05, 4.69) is 10.1 Å². The zero-order valence-corrected chi connectivity index (χ0v) is 12.5. The molecule has 0 aliphatic rings. The molecule has 0 bridgehead atoms. The summed E-state index contributed by atoms with van der Waals surface area (Å²) in [5.74, 6) is -0.941. The Bertz CT molecular complexity index is 528. The molecule has 0 unspecified atom stereocenters. The number of methoxy groups -OCH3 is 1. The van der Waals surface area contributed by atoms with Gasteiger partial charge in [0.05, 0.1) is 7.11 Å². The summed E-state index contributed by atoms with van der Waals surface area (Å²) in [6, 6.07) is 6.61. The topological polar surface area (TPSA) is 75.7 Å². The predicted molar refractivity (Wildman–Crippen MR) is 79.0 cm³/mol. The molecule has 0 atom stereocenters. The van der Waals surface area contributed by atoms with Crippen LogP contribution < -0.4 is 5.32 Å². The molecule has 0 aromatic heterocycles. The lowest BCUT2D eigenvalue weighted by atomic mass is 10.1. The van der Waals surface area contributed by atoms with Crippen molar-refractivity contribution in [3.63, 3.8) is 0 Å². The van der Waals surface area contributed by atoms with Crippen molar-refractivity contribution in [2.45, 2.75) is 20.3 Å². The molecule has 6 nitrogen and oxygen atoms in total. The van der Waals surface area contributed by atoms with Crippen LogP contribution in [0.1, 0.15) is 30.6 Å². The Balaban J connectivity index is 2.92. The van der Waals surface area contributed by atoms with E-state index < -0.39 is 5.97 Å². The molecule has 1 aromatic carbocycles. The Morgan fingerprint density at radius 1 is 1.29 bits per heavy atom. The van der Waals surface area contributed by atoms with Gasteiger partial charge >= 0.3 is 5.97 Å². The molecule has 1 N–H and O–H groups in total. The smallest absolute Gasteiger partial charge is 0.325 e. The Labute approximate surface area is 124 Å². The number of carbonyl (C=O) groups excluding carboxylic acids is 3. The van der Waals surface area contributed by atoms with Crippen LogP contribution >= 0.6 is 0 Å². The maximum atomic E-state index is 12.4. The van der Waals surface area contributed by atoms with E-state index in [1.807, 2.05) is 6.92 Å². The summed E-state index contributed by atoms with van der Waals surface area (Å²) in [4.78, 5) is 36.3. The molecule has 0 spiro atoms. The number of hydrogen-bond acceptors (Lipinski definition) is 4. The van der Waals surface area contributed by atoms with Crippen LogP contribution in [-0.2, 0) is 14.3 Å². The van der Waals surface area contributed by atoms with Crippen LogP contribution in [0.5, 0.6) is 0 Å². The number of carbonyl (C=O) groups is 3. The first-order chi connectivity index (χ1) is 9.97. The summed E-state index contributed by atoms with van der Waals surface area (Å²) in [7, 11) is 1.29. The van der Waals surface area contributed by atoms with Gasteiger partial charge in [-0.3, -0.25) is 14.4 Å². The summed E-state index contributed by atoms with van der Waals surface area (Å²) in [6.45, 7) is 3.69. The number of nitrogens with one attached hydrogen (secondary N) is 1. The Kier molecular flexibility index (Phi) is 6.39. The summed E-state index contributed by atoms with van der Waals surface area (Å²) in [5, 5.41) is 2.62. The second-order valence-corrected chi connectivity index (χ2v) is 4.56. The number of ether oxygens (including phenoxy) is 1. The second-order valence-electron chi connectivity index (χ2n) is 4.56.